The first kappa shape index (κ1) is 12.5. The standard InChI is InChI=1S/C14H10F3N3/c15-14(16,17)20(10-6-2-1-3-7-10)13-11-8-4-5-9-12(11)18-19-13/h1-9H,(H,18,19). The van der Waals surface area contributed by atoms with Gasteiger partial charge in [0.25, 0.3) is 0 Å². The van der Waals surface area contributed by atoms with Crippen molar-refractivity contribution in [3.8, 4) is 0 Å². The molecule has 0 radical (unpaired) electrons. The van der Waals surface area contributed by atoms with Gasteiger partial charge in [0, 0.05) is 5.39 Å². The fourth-order valence-corrected chi connectivity index (χ4v) is 2.09. The van der Waals surface area contributed by atoms with Gasteiger partial charge in [0.2, 0.25) is 0 Å². The summed E-state index contributed by atoms with van der Waals surface area (Å²) in [5.74, 6) is -0.153. The first-order valence-electron chi connectivity index (χ1n) is 5.92. The molecule has 20 heavy (non-hydrogen) atoms. The Hall–Kier alpha value is -2.50. The normalized spacial score (nSPS) is 11.8. The number of anilines is 2. The van der Waals surface area contributed by atoms with Crippen LogP contribution in [-0.2, 0) is 0 Å². The minimum absolute atomic E-state index is 0.0252. The van der Waals surface area contributed by atoms with Gasteiger partial charge in [0.15, 0.2) is 5.82 Å². The maximum absolute atomic E-state index is 13.4. The SMILES string of the molecule is FC(F)(F)N(c1ccccc1)c1n[nH]c2ccccc12. The number of para-hydroxylation sites is 2. The van der Waals surface area contributed by atoms with Crippen LogP contribution in [0.15, 0.2) is 54.6 Å². The van der Waals surface area contributed by atoms with Crippen LogP contribution in [0.5, 0.6) is 0 Å². The highest BCUT2D eigenvalue weighted by Gasteiger charge is 2.40. The molecule has 0 saturated heterocycles. The van der Waals surface area contributed by atoms with Crippen molar-refractivity contribution in [1.29, 1.82) is 0 Å². The smallest absolute Gasteiger partial charge is 0.276 e. The van der Waals surface area contributed by atoms with Crippen molar-refractivity contribution < 1.29 is 13.2 Å². The van der Waals surface area contributed by atoms with Gasteiger partial charge in [-0.15, -0.1) is 13.2 Å². The molecule has 0 bridgehead atoms. The molecule has 3 aromatic rings. The summed E-state index contributed by atoms with van der Waals surface area (Å²) >= 11 is 0. The van der Waals surface area contributed by atoms with Crippen LogP contribution in [0, 0.1) is 0 Å². The van der Waals surface area contributed by atoms with Crippen LogP contribution in [0.3, 0.4) is 0 Å². The van der Waals surface area contributed by atoms with Crippen LogP contribution in [-0.4, -0.2) is 16.5 Å². The molecule has 2 aromatic carbocycles. The van der Waals surface area contributed by atoms with E-state index in [1.807, 2.05) is 0 Å². The lowest BCUT2D eigenvalue weighted by Gasteiger charge is -2.25. The van der Waals surface area contributed by atoms with Crippen molar-refractivity contribution in [1.82, 2.24) is 10.2 Å². The average Bonchev–Trinajstić information content (AvgIpc) is 2.83. The zero-order chi connectivity index (χ0) is 14.2. The molecule has 0 aliphatic heterocycles. The van der Waals surface area contributed by atoms with E-state index >= 15 is 0 Å². The minimum Gasteiger partial charge on any atom is -0.276 e. The van der Waals surface area contributed by atoms with Crippen molar-refractivity contribution >= 4 is 22.4 Å². The number of benzene rings is 2. The van der Waals surface area contributed by atoms with Gasteiger partial charge in [-0.05, 0) is 24.3 Å². The van der Waals surface area contributed by atoms with Crippen molar-refractivity contribution in [2.24, 2.45) is 0 Å². The molecule has 102 valence electrons. The Morgan fingerprint density at radius 1 is 0.900 bits per heavy atom. The summed E-state index contributed by atoms with van der Waals surface area (Å²) in [6.07, 6.45) is -4.56. The van der Waals surface area contributed by atoms with Gasteiger partial charge in [-0.1, -0.05) is 30.3 Å². The second-order valence-corrected chi connectivity index (χ2v) is 4.23. The number of hydrogen-bond acceptors (Lipinski definition) is 2. The second-order valence-electron chi connectivity index (χ2n) is 4.23. The quantitative estimate of drug-likeness (QED) is 0.711. The molecule has 3 nitrogen and oxygen atoms in total. The molecular weight excluding hydrogens is 267 g/mol. The number of alkyl halides is 3. The predicted molar refractivity (Wildman–Crippen MR) is 70.7 cm³/mol. The third kappa shape index (κ3) is 2.09. The summed E-state index contributed by atoms with van der Waals surface area (Å²) in [7, 11) is 0. The molecule has 1 heterocycles. The van der Waals surface area contributed by atoms with Gasteiger partial charge in [-0.25, -0.2) is 4.90 Å². The molecule has 0 unspecified atom stereocenters. The van der Waals surface area contributed by atoms with Crippen LogP contribution < -0.4 is 4.90 Å². The van der Waals surface area contributed by atoms with Gasteiger partial charge >= 0.3 is 6.30 Å². The molecule has 1 aromatic heterocycles. The predicted octanol–water partition coefficient (Wildman–Crippen LogP) is 4.22. The Kier molecular flexibility index (Phi) is 2.85. The summed E-state index contributed by atoms with van der Waals surface area (Å²) in [5.41, 5.74) is 0.588. The first-order valence-corrected chi connectivity index (χ1v) is 5.92. The highest BCUT2D eigenvalue weighted by atomic mass is 19.4. The summed E-state index contributed by atoms with van der Waals surface area (Å²) in [6, 6.07) is 14.3. The number of hydrogen-bond donors (Lipinski definition) is 1. The molecule has 0 saturated carbocycles. The number of rotatable bonds is 2. The molecule has 0 fully saturated rings. The van der Waals surface area contributed by atoms with E-state index in [-0.39, 0.29) is 16.4 Å². The Labute approximate surface area is 112 Å². The van der Waals surface area contributed by atoms with Gasteiger partial charge < -0.3 is 0 Å². The maximum Gasteiger partial charge on any atom is 0.490 e. The van der Waals surface area contributed by atoms with Crippen LogP contribution in [0.2, 0.25) is 0 Å². The summed E-state index contributed by atoms with van der Waals surface area (Å²) in [4.78, 5) is 0.270. The van der Waals surface area contributed by atoms with Crippen molar-refractivity contribution in [3.63, 3.8) is 0 Å². The number of H-pyrrole nitrogens is 1. The zero-order valence-electron chi connectivity index (χ0n) is 10.2. The van der Waals surface area contributed by atoms with Crippen LogP contribution in [0.1, 0.15) is 0 Å². The highest BCUT2D eigenvalue weighted by Crippen LogP contribution is 2.38. The second kappa shape index (κ2) is 4.56. The van der Waals surface area contributed by atoms with Gasteiger partial charge in [-0.3, -0.25) is 5.10 Å². The molecule has 6 heteroatoms. The zero-order valence-corrected chi connectivity index (χ0v) is 10.2. The van der Waals surface area contributed by atoms with E-state index in [0.29, 0.717) is 10.9 Å². The van der Waals surface area contributed by atoms with Crippen molar-refractivity contribution in [2.45, 2.75) is 6.30 Å². The largest absolute Gasteiger partial charge is 0.490 e. The Balaban J connectivity index is 2.20. The summed E-state index contributed by atoms with van der Waals surface area (Å²) in [5, 5.41) is 6.86. The molecule has 0 atom stereocenters. The molecule has 3 rings (SSSR count). The van der Waals surface area contributed by atoms with Crippen molar-refractivity contribution in [2.75, 3.05) is 4.90 Å². The van der Waals surface area contributed by atoms with Gasteiger partial charge in [-0.2, -0.15) is 5.10 Å². The molecule has 1 N–H and O–H groups in total. The lowest BCUT2D eigenvalue weighted by atomic mass is 10.2. The van der Waals surface area contributed by atoms with E-state index < -0.39 is 6.30 Å². The number of aromatic amines is 1. The topological polar surface area (TPSA) is 31.9 Å². The van der Waals surface area contributed by atoms with E-state index in [4.69, 9.17) is 0 Å². The molecule has 0 spiro atoms. The van der Waals surface area contributed by atoms with Crippen LogP contribution >= 0.6 is 0 Å². The van der Waals surface area contributed by atoms with Crippen LogP contribution in [0.4, 0.5) is 24.7 Å². The fraction of sp³-hybridized carbons (Fsp3) is 0.0714. The average molecular weight is 277 g/mol. The lowest BCUT2D eigenvalue weighted by Crippen LogP contribution is -2.34. The third-order valence-electron chi connectivity index (χ3n) is 2.93. The summed E-state index contributed by atoms with van der Waals surface area (Å²) in [6.45, 7) is 0. The maximum atomic E-state index is 13.4. The fourth-order valence-electron chi connectivity index (χ4n) is 2.09. The number of nitrogens with one attached hydrogen (secondary N) is 1. The number of nitrogens with zero attached hydrogens (tertiary/aromatic N) is 2. The number of fused-ring (bicyclic) bond motifs is 1. The van der Waals surface area contributed by atoms with Gasteiger partial charge in [0.1, 0.15) is 0 Å². The Morgan fingerprint density at radius 2 is 1.55 bits per heavy atom. The first-order chi connectivity index (χ1) is 9.57. The van der Waals surface area contributed by atoms with Crippen molar-refractivity contribution in [3.05, 3.63) is 54.6 Å². The number of aromatic nitrogens is 2. The third-order valence-corrected chi connectivity index (χ3v) is 2.93. The molecular formula is C14H10F3N3. The van der Waals surface area contributed by atoms with Gasteiger partial charge in [0.05, 0.1) is 11.2 Å². The molecule has 0 aliphatic rings. The Bertz CT molecular complexity index is 719. The monoisotopic (exact) mass is 277 g/mol. The number of halogens is 3. The minimum atomic E-state index is -4.56. The van der Waals surface area contributed by atoms with E-state index in [9.17, 15) is 13.2 Å². The molecule has 0 aliphatic carbocycles. The molecule has 0 amide bonds. The highest BCUT2D eigenvalue weighted by molar-refractivity contribution is 5.92. The van der Waals surface area contributed by atoms with Crippen LogP contribution in [0.25, 0.3) is 10.9 Å². The van der Waals surface area contributed by atoms with E-state index in [0.717, 1.165) is 0 Å². The van der Waals surface area contributed by atoms with E-state index in [1.54, 1.807) is 42.5 Å². The summed E-state index contributed by atoms with van der Waals surface area (Å²) < 4.78 is 40.1. The van der Waals surface area contributed by atoms with E-state index in [2.05, 4.69) is 10.2 Å². The van der Waals surface area contributed by atoms with E-state index in [1.165, 1.54) is 12.1 Å². The Morgan fingerprint density at radius 3 is 2.25 bits per heavy atom. The lowest BCUT2D eigenvalue weighted by molar-refractivity contribution is -0.121.